The Bertz CT molecular complexity index is 1380. The van der Waals surface area contributed by atoms with Crippen molar-refractivity contribution >= 4 is 46.7 Å². The molecule has 0 bridgehead atoms. The largest absolute Gasteiger partial charge is 0.295 e. The minimum atomic E-state index is -4.88. The molecule has 0 atom stereocenters. The number of benzene rings is 3. The Morgan fingerprint density at radius 2 is 1.32 bits per heavy atom. The Morgan fingerprint density at radius 3 is 1.89 bits per heavy atom. The highest BCUT2D eigenvalue weighted by atomic mass is 32.2. The van der Waals surface area contributed by atoms with Gasteiger partial charge in [-0.05, 0) is 41.8 Å². The van der Waals surface area contributed by atoms with Crippen molar-refractivity contribution in [1.82, 2.24) is 0 Å². The highest BCUT2D eigenvalue weighted by Gasteiger charge is 2.21. The van der Waals surface area contributed by atoms with E-state index in [4.69, 9.17) is 0 Å². The van der Waals surface area contributed by atoms with Crippen LogP contribution in [0.15, 0.2) is 75.4 Å². The van der Waals surface area contributed by atoms with Crippen molar-refractivity contribution in [1.29, 1.82) is 0 Å². The smallest absolute Gasteiger partial charge is 0.282 e. The third kappa shape index (κ3) is 4.15. The standard InChI is InChI=1S/C16H13NO8S3/c18-26(19,13-4-2-1-3-5-13)17-12-7-6-11-8-14(27(20,21)22)10-16(15(11)9-12)28(23,24)25/h1-10,17H,(H,20,21,22)(H,23,24,25). The molecule has 0 aromatic heterocycles. The zero-order chi connectivity index (χ0) is 20.7. The van der Waals surface area contributed by atoms with Gasteiger partial charge >= 0.3 is 0 Å². The number of hydrogen-bond acceptors (Lipinski definition) is 6. The highest BCUT2D eigenvalue weighted by molar-refractivity contribution is 7.92. The van der Waals surface area contributed by atoms with Crippen LogP contribution in [0.4, 0.5) is 5.69 Å². The third-order valence-corrected chi connectivity index (χ3v) is 6.89. The van der Waals surface area contributed by atoms with Gasteiger partial charge in [-0.15, -0.1) is 0 Å². The van der Waals surface area contributed by atoms with Crippen LogP contribution in [0, 0.1) is 0 Å². The van der Waals surface area contributed by atoms with Crippen molar-refractivity contribution in [2.75, 3.05) is 4.72 Å². The molecule has 0 heterocycles. The molecule has 9 nitrogen and oxygen atoms in total. The van der Waals surface area contributed by atoms with E-state index in [0.717, 1.165) is 12.1 Å². The van der Waals surface area contributed by atoms with Gasteiger partial charge < -0.3 is 0 Å². The summed E-state index contributed by atoms with van der Waals surface area (Å²) in [5.74, 6) is 0. The second kappa shape index (κ2) is 6.83. The molecule has 0 saturated heterocycles. The highest BCUT2D eigenvalue weighted by Crippen LogP contribution is 2.30. The first kappa shape index (κ1) is 20.2. The maximum absolute atomic E-state index is 12.4. The van der Waals surface area contributed by atoms with Gasteiger partial charge in [-0.3, -0.25) is 13.8 Å². The Hall–Kier alpha value is -2.51. The van der Waals surface area contributed by atoms with Crippen LogP contribution in [-0.2, 0) is 30.3 Å². The fraction of sp³-hybridized carbons (Fsp3) is 0. The fourth-order valence-corrected chi connectivity index (χ4v) is 4.96. The molecule has 0 fully saturated rings. The van der Waals surface area contributed by atoms with Crippen molar-refractivity contribution in [2.24, 2.45) is 0 Å². The lowest BCUT2D eigenvalue weighted by molar-refractivity contribution is 0.482. The van der Waals surface area contributed by atoms with Crippen LogP contribution in [0.3, 0.4) is 0 Å². The molecule has 0 aliphatic heterocycles. The number of rotatable bonds is 5. The van der Waals surface area contributed by atoms with Gasteiger partial charge in [0.2, 0.25) is 0 Å². The topological polar surface area (TPSA) is 155 Å². The molecule has 0 unspecified atom stereocenters. The number of hydrogen-bond donors (Lipinski definition) is 3. The lowest BCUT2D eigenvalue weighted by Crippen LogP contribution is -2.13. The molecule has 3 N–H and O–H groups in total. The number of anilines is 1. The fourth-order valence-electron chi connectivity index (χ4n) is 2.54. The van der Waals surface area contributed by atoms with E-state index in [0.29, 0.717) is 6.07 Å². The summed E-state index contributed by atoms with van der Waals surface area (Å²) in [4.78, 5) is -1.55. The SMILES string of the molecule is O=S(=O)(O)c1cc(S(=O)(=O)O)c2cc(NS(=O)(=O)c3ccccc3)ccc2c1. The van der Waals surface area contributed by atoms with Crippen molar-refractivity contribution in [3.05, 3.63) is 60.7 Å². The molecule has 3 aromatic carbocycles. The van der Waals surface area contributed by atoms with Gasteiger partial charge in [0.1, 0.15) is 4.90 Å². The lowest BCUT2D eigenvalue weighted by Gasteiger charge is -2.11. The molecule has 0 radical (unpaired) electrons. The van der Waals surface area contributed by atoms with Crippen molar-refractivity contribution in [2.45, 2.75) is 14.7 Å². The van der Waals surface area contributed by atoms with Crippen molar-refractivity contribution < 1.29 is 34.4 Å². The van der Waals surface area contributed by atoms with Gasteiger partial charge in [0.25, 0.3) is 30.3 Å². The normalized spacial score (nSPS) is 12.8. The van der Waals surface area contributed by atoms with E-state index in [1.54, 1.807) is 6.07 Å². The summed E-state index contributed by atoms with van der Waals surface area (Å²) in [6.45, 7) is 0. The predicted molar refractivity (Wildman–Crippen MR) is 101 cm³/mol. The molecule has 0 amide bonds. The average molecular weight is 443 g/mol. The Morgan fingerprint density at radius 1 is 0.679 bits per heavy atom. The molecule has 12 heteroatoms. The van der Waals surface area contributed by atoms with Crippen LogP contribution in [0.25, 0.3) is 10.8 Å². The van der Waals surface area contributed by atoms with Crippen LogP contribution in [0.1, 0.15) is 0 Å². The van der Waals surface area contributed by atoms with Gasteiger partial charge in [-0.2, -0.15) is 16.8 Å². The summed E-state index contributed by atoms with van der Waals surface area (Å²) in [6.07, 6.45) is 0. The molecular weight excluding hydrogens is 430 g/mol. The molecule has 3 rings (SSSR count). The van der Waals surface area contributed by atoms with E-state index in [1.807, 2.05) is 0 Å². The zero-order valence-electron chi connectivity index (χ0n) is 13.8. The van der Waals surface area contributed by atoms with Gasteiger partial charge in [-0.1, -0.05) is 24.3 Å². The summed E-state index contributed by atoms with van der Waals surface area (Å²) in [5, 5.41) is -0.0893. The van der Waals surface area contributed by atoms with E-state index < -0.39 is 40.1 Å². The Labute approximate surface area is 161 Å². The zero-order valence-corrected chi connectivity index (χ0v) is 16.3. The summed E-state index contributed by atoms with van der Waals surface area (Å²) in [7, 11) is -13.6. The predicted octanol–water partition coefficient (Wildman–Crippen LogP) is 2.13. The van der Waals surface area contributed by atoms with E-state index in [-0.39, 0.29) is 21.4 Å². The summed E-state index contributed by atoms with van der Waals surface area (Å²) >= 11 is 0. The first-order valence-electron chi connectivity index (χ1n) is 7.49. The lowest BCUT2D eigenvalue weighted by atomic mass is 10.1. The first-order chi connectivity index (χ1) is 12.9. The second-order valence-electron chi connectivity index (χ2n) is 5.73. The molecule has 0 aliphatic rings. The molecular formula is C16H13NO8S3. The van der Waals surface area contributed by atoms with Crippen LogP contribution in [0.2, 0.25) is 0 Å². The third-order valence-electron chi connectivity index (χ3n) is 3.77. The average Bonchev–Trinajstić information content (AvgIpc) is 2.59. The van der Waals surface area contributed by atoms with Crippen molar-refractivity contribution in [3.8, 4) is 0 Å². The van der Waals surface area contributed by atoms with Crippen LogP contribution >= 0.6 is 0 Å². The van der Waals surface area contributed by atoms with E-state index in [2.05, 4.69) is 4.72 Å². The quantitative estimate of drug-likeness (QED) is 0.507. The minimum absolute atomic E-state index is 0.0131. The van der Waals surface area contributed by atoms with Crippen LogP contribution in [0.5, 0.6) is 0 Å². The van der Waals surface area contributed by atoms with Crippen molar-refractivity contribution in [3.63, 3.8) is 0 Å². The van der Waals surface area contributed by atoms with Gasteiger partial charge in [-0.25, -0.2) is 8.42 Å². The van der Waals surface area contributed by atoms with Gasteiger partial charge in [0, 0.05) is 11.1 Å². The molecule has 3 aromatic rings. The van der Waals surface area contributed by atoms with Gasteiger partial charge in [0.15, 0.2) is 0 Å². The number of sulfonamides is 1. The summed E-state index contributed by atoms with van der Waals surface area (Å²) < 4.78 is 91.8. The first-order valence-corrected chi connectivity index (χ1v) is 11.8. The number of nitrogens with one attached hydrogen (secondary N) is 1. The Kier molecular flexibility index (Phi) is 4.93. The van der Waals surface area contributed by atoms with Crippen LogP contribution in [-0.4, -0.2) is 34.4 Å². The summed E-state index contributed by atoms with van der Waals surface area (Å²) in [6, 6.07) is 12.7. The maximum Gasteiger partial charge on any atom is 0.295 e. The molecule has 148 valence electrons. The second-order valence-corrected chi connectivity index (χ2v) is 10.2. The van der Waals surface area contributed by atoms with E-state index >= 15 is 0 Å². The maximum atomic E-state index is 12.4. The molecule has 0 aliphatic carbocycles. The summed E-state index contributed by atoms with van der Waals surface area (Å²) in [5.41, 5.74) is -0.0131. The Balaban J connectivity index is 2.19. The van der Waals surface area contributed by atoms with E-state index in [9.17, 15) is 34.4 Å². The monoisotopic (exact) mass is 443 g/mol. The number of fused-ring (bicyclic) bond motifs is 1. The molecule has 28 heavy (non-hydrogen) atoms. The molecule has 0 saturated carbocycles. The molecule has 0 spiro atoms. The van der Waals surface area contributed by atoms with E-state index in [1.165, 1.54) is 36.4 Å². The minimum Gasteiger partial charge on any atom is -0.282 e. The van der Waals surface area contributed by atoms with Crippen LogP contribution < -0.4 is 4.72 Å². The van der Waals surface area contributed by atoms with Gasteiger partial charge in [0.05, 0.1) is 9.79 Å².